The second kappa shape index (κ2) is 3.38. The van der Waals surface area contributed by atoms with Crippen LogP contribution in [0.2, 0.25) is 0 Å². The van der Waals surface area contributed by atoms with Gasteiger partial charge in [-0.05, 0) is 6.42 Å². The molecular formula is C8H6S5. The highest BCUT2D eigenvalue weighted by Crippen LogP contribution is 2.53. The Kier molecular flexibility index (Phi) is 2.33. The summed E-state index contributed by atoms with van der Waals surface area (Å²) in [5.74, 6) is 0. The smallest absolute Gasteiger partial charge is 0.108 e. The second-order valence-electron chi connectivity index (χ2n) is 2.93. The topological polar surface area (TPSA) is 0 Å². The quantitative estimate of drug-likeness (QED) is 0.501. The van der Waals surface area contributed by atoms with Gasteiger partial charge in [0.05, 0.1) is 8.42 Å². The normalized spacial score (nSPS) is 30.2. The first-order chi connectivity index (χ1) is 6.33. The van der Waals surface area contributed by atoms with Crippen molar-refractivity contribution in [1.82, 2.24) is 0 Å². The van der Waals surface area contributed by atoms with Crippen molar-refractivity contribution in [3.05, 3.63) is 15.3 Å². The van der Waals surface area contributed by atoms with E-state index < -0.39 is 0 Å². The molecule has 2 heterocycles. The third kappa shape index (κ3) is 1.55. The van der Waals surface area contributed by atoms with E-state index in [1.807, 2.05) is 23.5 Å². The van der Waals surface area contributed by atoms with Crippen LogP contribution in [-0.2, 0) is 0 Å². The van der Waals surface area contributed by atoms with Crippen LogP contribution >= 0.6 is 58.4 Å². The molecule has 0 aromatic carbocycles. The summed E-state index contributed by atoms with van der Waals surface area (Å²) in [4.78, 5) is 0. The molecule has 0 saturated carbocycles. The molecule has 1 aromatic heterocycles. The first-order valence-corrected chi connectivity index (χ1v) is 7.77. The summed E-state index contributed by atoms with van der Waals surface area (Å²) in [5, 5.41) is 1.48. The van der Waals surface area contributed by atoms with Gasteiger partial charge in [-0.15, -0.1) is 46.2 Å². The lowest BCUT2D eigenvalue weighted by Crippen LogP contribution is -2.14. The van der Waals surface area contributed by atoms with Crippen LogP contribution in [0.3, 0.4) is 0 Å². The van der Waals surface area contributed by atoms with E-state index in [2.05, 4.69) is 12.2 Å². The zero-order valence-corrected chi connectivity index (χ0v) is 10.6. The van der Waals surface area contributed by atoms with E-state index in [0.717, 1.165) is 8.39 Å². The lowest BCUT2D eigenvalue weighted by atomic mass is 10.3. The average molecular weight is 262 g/mol. The molecule has 5 heteroatoms. The van der Waals surface area contributed by atoms with Gasteiger partial charge in [0.2, 0.25) is 0 Å². The molecule has 0 bridgehead atoms. The highest BCUT2D eigenvalue weighted by molar-refractivity contribution is 8.09. The van der Waals surface area contributed by atoms with Crippen LogP contribution in [0.4, 0.5) is 0 Å². The Morgan fingerprint density at radius 3 is 2.85 bits per heavy atom. The van der Waals surface area contributed by atoms with Crippen molar-refractivity contribution in [3.63, 3.8) is 0 Å². The molecule has 0 saturated heterocycles. The van der Waals surface area contributed by atoms with E-state index in [9.17, 15) is 0 Å². The molecular weight excluding hydrogens is 256 g/mol. The summed E-state index contributed by atoms with van der Waals surface area (Å²) in [6.07, 6.45) is 5.89. The third-order valence-electron chi connectivity index (χ3n) is 2.08. The highest BCUT2D eigenvalue weighted by Gasteiger charge is 2.32. The Labute approximate surface area is 98.5 Å². The molecule has 0 spiro atoms. The Balaban J connectivity index is 2.03. The first-order valence-electron chi connectivity index (χ1n) is 3.97. The zero-order valence-electron chi connectivity index (χ0n) is 6.56. The number of rotatable bonds is 0. The molecule has 3 rings (SSSR count). The van der Waals surface area contributed by atoms with Gasteiger partial charge in [0, 0.05) is 10.5 Å². The molecule has 1 aromatic rings. The summed E-state index contributed by atoms with van der Waals surface area (Å²) in [6.45, 7) is 0. The maximum atomic E-state index is 5.20. The molecule has 1 aliphatic carbocycles. The molecule has 0 amide bonds. The summed E-state index contributed by atoms with van der Waals surface area (Å²) in [7, 11) is 0. The maximum absolute atomic E-state index is 5.20. The van der Waals surface area contributed by atoms with Crippen molar-refractivity contribution >= 4 is 58.4 Å². The van der Waals surface area contributed by atoms with Gasteiger partial charge >= 0.3 is 0 Å². The number of thioether (sulfide) groups is 2. The van der Waals surface area contributed by atoms with Gasteiger partial charge in [-0.1, -0.05) is 24.4 Å². The van der Waals surface area contributed by atoms with Crippen molar-refractivity contribution in [1.29, 1.82) is 0 Å². The lowest BCUT2D eigenvalue weighted by molar-refractivity contribution is 0.958. The summed E-state index contributed by atoms with van der Waals surface area (Å²) < 4.78 is 3.99. The number of hydrogen-bond acceptors (Lipinski definition) is 5. The van der Waals surface area contributed by atoms with Gasteiger partial charge in [-0.2, -0.15) is 0 Å². The van der Waals surface area contributed by atoms with Crippen molar-refractivity contribution in [2.45, 2.75) is 25.3 Å². The molecule has 13 heavy (non-hydrogen) atoms. The molecule has 2 atom stereocenters. The Morgan fingerprint density at radius 2 is 2.00 bits per heavy atom. The minimum Gasteiger partial charge on any atom is -0.108 e. The van der Waals surface area contributed by atoms with Crippen molar-refractivity contribution in [2.24, 2.45) is 0 Å². The fourth-order valence-corrected chi connectivity index (χ4v) is 8.36. The van der Waals surface area contributed by atoms with E-state index in [-0.39, 0.29) is 0 Å². The van der Waals surface area contributed by atoms with Crippen LogP contribution in [0.15, 0.2) is 20.6 Å². The first kappa shape index (κ1) is 8.97. The van der Waals surface area contributed by atoms with Crippen LogP contribution in [0.1, 0.15) is 6.42 Å². The van der Waals surface area contributed by atoms with Crippen LogP contribution in [-0.4, -0.2) is 10.5 Å². The lowest BCUT2D eigenvalue weighted by Gasteiger charge is -2.22. The minimum atomic E-state index is 0.706. The summed E-state index contributed by atoms with van der Waals surface area (Å²) in [6, 6.07) is 0. The van der Waals surface area contributed by atoms with Crippen LogP contribution in [0, 0.1) is 3.14 Å². The monoisotopic (exact) mass is 262 g/mol. The van der Waals surface area contributed by atoms with E-state index in [4.69, 9.17) is 12.2 Å². The number of hydrogen-bond donors (Lipinski definition) is 0. The van der Waals surface area contributed by atoms with E-state index >= 15 is 0 Å². The molecule has 2 aliphatic rings. The fraction of sp³-hybridized carbons (Fsp3) is 0.375. The maximum Gasteiger partial charge on any atom is 0.145 e. The van der Waals surface area contributed by atoms with Gasteiger partial charge in [-0.25, -0.2) is 0 Å². The van der Waals surface area contributed by atoms with Crippen molar-refractivity contribution < 1.29 is 0 Å². The van der Waals surface area contributed by atoms with Crippen LogP contribution in [0.25, 0.3) is 0 Å². The molecule has 0 unspecified atom stereocenters. The number of fused-ring (bicyclic) bond motifs is 2. The second-order valence-corrected chi connectivity index (χ2v) is 9.11. The van der Waals surface area contributed by atoms with Gasteiger partial charge in [0.1, 0.15) is 3.14 Å². The van der Waals surface area contributed by atoms with E-state index in [0.29, 0.717) is 5.25 Å². The predicted octanol–water partition coefficient (Wildman–Crippen LogP) is 4.43. The van der Waals surface area contributed by atoms with Gasteiger partial charge in [0.15, 0.2) is 0 Å². The van der Waals surface area contributed by atoms with Crippen molar-refractivity contribution in [3.8, 4) is 0 Å². The van der Waals surface area contributed by atoms with Crippen LogP contribution < -0.4 is 0 Å². The molecule has 0 radical (unpaired) electrons. The molecule has 1 aliphatic heterocycles. The zero-order chi connectivity index (χ0) is 8.84. The largest absolute Gasteiger partial charge is 0.145 e. The van der Waals surface area contributed by atoms with Gasteiger partial charge < -0.3 is 0 Å². The van der Waals surface area contributed by atoms with E-state index in [1.54, 1.807) is 22.7 Å². The predicted molar refractivity (Wildman–Crippen MR) is 66.1 cm³/mol. The summed E-state index contributed by atoms with van der Waals surface area (Å²) in [5.41, 5.74) is 0. The average Bonchev–Trinajstić information content (AvgIpc) is 2.63. The Morgan fingerprint density at radius 1 is 1.23 bits per heavy atom. The molecule has 68 valence electrons. The molecule has 0 fully saturated rings. The van der Waals surface area contributed by atoms with Crippen molar-refractivity contribution in [2.75, 3.05) is 0 Å². The molecule has 0 N–H and O–H groups in total. The Hall–Kier alpha value is 0.710. The summed E-state index contributed by atoms with van der Waals surface area (Å²) >= 11 is 12.8. The fourth-order valence-electron chi connectivity index (χ4n) is 1.50. The SMILES string of the molecule is S=c1sc2c(s1)S[C@H]1CC=C[C@@H]1S2. The highest BCUT2D eigenvalue weighted by atomic mass is 32.2. The van der Waals surface area contributed by atoms with Gasteiger partial charge in [0.25, 0.3) is 0 Å². The molecule has 0 nitrogen and oxygen atoms in total. The van der Waals surface area contributed by atoms with E-state index in [1.165, 1.54) is 14.8 Å². The number of allylic oxidation sites excluding steroid dienone is 1. The Bertz CT molecular complexity index is 412. The minimum absolute atomic E-state index is 0.706. The standard InChI is InChI=1S/C8H6S5/c9-8-12-6-7(13-8)11-5-3-1-2-4(5)10-6/h1-2,4-5H,3H2/t4-,5-/m0/s1. The third-order valence-corrected chi connectivity index (χ3v) is 8.34. The van der Waals surface area contributed by atoms with Gasteiger partial charge in [-0.3, -0.25) is 0 Å². The van der Waals surface area contributed by atoms with Crippen LogP contribution in [0.5, 0.6) is 0 Å².